The zero-order chi connectivity index (χ0) is 19.5. The van der Waals surface area contributed by atoms with E-state index in [-0.39, 0.29) is 17.2 Å². The van der Waals surface area contributed by atoms with Crippen LogP contribution < -0.4 is 10.1 Å². The van der Waals surface area contributed by atoms with E-state index in [1.165, 1.54) is 20.2 Å². The van der Waals surface area contributed by atoms with Crippen LogP contribution in [0.4, 0.5) is 5.69 Å². The van der Waals surface area contributed by atoms with Crippen LogP contribution in [0.5, 0.6) is 5.75 Å². The molecule has 0 saturated carbocycles. The lowest BCUT2D eigenvalue weighted by molar-refractivity contribution is -0.116. The summed E-state index contributed by atoms with van der Waals surface area (Å²) in [6.45, 7) is 3.27. The van der Waals surface area contributed by atoms with Gasteiger partial charge < -0.3 is 10.1 Å². The van der Waals surface area contributed by atoms with Gasteiger partial charge in [0.15, 0.2) is 0 Å². The molecule has 0 aliphatic rings. The lowest BCUT2D eigenvalue weighted by atomic mass is 10.2. The summed E-state index contributed by atoms with van der Waals surface area (Å²) < 4.78 is 31.8. The number of halogens is 1. The molecule has 0 bridgehead atoms. The lowest BCUT2D eigenvalue weighted by Crippen LogP contribution is -2.35. The average molecular weight is 397 g/mol. The molecule has 0 fully saturated rings. The number of likely N-dealkylation sites (N-methyl/N-ethyl adjacent to an activating group) is 1. The molecule has 0 atom stereocenters. The number of carbonyl (C=O) groups is 1. The summed E-state index contributed by atoms with van der Waals surface area (Å²) in [5, 5.41) is 3.17. The van der Waals surface area contributed by atoms with Crippen molar-refractivity contribution >= 4 is 33.2 Å². The molecule has 0 saturated heterocycles. The Morgan fingerprint density at radius 2 is 1.88 bits per heavy atom. The number of methoxy groups -OCH3 is 1. The first-order chi connectivity index (χ1) is 12.1. The molecule has 0 spiro atoms. The minimum Gasteiger partial charge on any atom is -0.495 e. The van der Waals surface area contributed by atoms with Crippen LogP contribution in [0.25, 0.3) is 0 Å². The molecular formula is C18H21ClN2O4S. The molecule has 8 heteroatoms. The first-order valence-corrected chi connectivity index (χ1v) is 9.64. The summed E-state index contributed by atoms with van der Waals surface area (Å²) in [5.41, 5.74) is 2.15. The van der Waals surface area contributed by atoms with E-state index in [1.54, 1.807) is 37.3 Å². The van der Waals surface area contributed by atoms with Crippen molar-refractivity contribution in [2.75, 3.05) is 26.0 Å². The van der Waals surface area contributed by atoms with E-state index >= 15 is 0 Å². The SMILES string of the molecule is COc1ccc(C)cc1S(=O)(=O)N(C)CC(=O)Nc1cc(Cl)ccc1C. The van der Waals surface area contributed by atoms with Gasteiger partial charge in [0.2, 0.25) is 15.9 Å². The minimum absolute atomic E-state index is 0.0224. The van der Waals surface area contributed by atoms with Crippen molar-refractivity contribution in [2.24, 2.45) is 0 Å². The molecular weight excluding hydrogens is 376 g/mol. The van der Waals surface area contributed by atoms with Crippen molar-refractivity contribution in [3.63, 3.8) is 0 Å². The predicted octanol–water partition coefficient (Wildman–Crippen LogP) is 3.22. The number of sulfonamides is 1. The number of ether oxygens (including phenoxy) is 1. The fourth-order valence-electron chi connectivity index (χ4n) is 2.36. The van der Waals surface area contributed by atoms with Gasteiger partial charge >= 0.3 is 0 Å². The molecule has 0 radical (unpaired) electrons. The van der Waals surface area contributed by atoms with E-state index in [4.69, 9.17) is 16.3 Å². The third kappa shape index (κ3) is 4.55. The maximum absolute atomic E-state index is 12.8. The predicted molar refractivity (Wildman–Crippen MR) is 102 cm³/mol. The Morgan fingerprint density at radius 3 is 2.54 bits per heavy atom. The Labute approximate surface area is 158 Å². The van der Waals surface area contributed by atoms with Crippen LogP contribution in [0.3, 0.4) is 0 Å². The molecule has 2 aromatic rings. The van der Waals surface area contributed by atoms with Crippen LogP contribution in [0.15, 0.2) is 41.3 Å². The van der Waals surface area contributed by atoms with Crippen molar-refractivity contribution in [2.45, 2.75) is 18.7 Å². The van der Waals surface area contributed by atoms with Crippen molar-refractivity contribution in [3.05, 3.63) is 52.5 Å². The van der Waals surface area contributed by atoms with Gasteiger partial charge in [-0.05, 0) is 49.2 Å². The number of hydrogen-bond acceptors (Lipinski definition) is 4. The second-order valence-corrected chi connectivity index (χ2v) is 8.37. The number of nitrogens with one attached hydrogen (secondary N) is 1. The number of anilines is 1. The Morgan fingerprint density at radius 1 is 1.19 bits per heavy atom. The number of aryl methyl sites for hydroxylation is 2. The second kappa shape index (κ2) is 8.07. The number of carbonyl (C=O) groups excluding carboxylic acids is 1. The molecule has 26 heavy (non-hydrogen) atoms. The molecule has 2 aromatic carbocycles. The van der Waals surface area contributed by atoms with Crippen LogP contribution in [0.2, 0.25) is 5.02 Å². The van der Waals surface area contributed by atoms with Gasteiger partial charge in [0.1, 0.15) is 10.6 Å². The van der Waals surface area contributed by atoms with Gasteiger partial charge in [0.25, 0.3) is 0 Å². The molecule has 0 heterocycles. The van der Waals surface area contributed by atoms with Gasteiger partial charge in [0, 0.05) is 17.8 Å². The van der Waals surface area contributed by atoms with E-state index in [9.17, 15) is 13.2 Å². The standard InChI is InChI=1S/C18H21ClN2O4S/c1-12-5-8-16(25-4)17(9-12)26(23,24)21(3)11-18(22)20-15-10-14(19)7-6-13(15)2/h5-10H,11H2,1-4H3,(H,20,22). The Balaban J connectivity index is 2.20. The zero-order valence-corrected chi connectivity index (χ0v) is 16.6. The third-order valence-corrected chi connectivity index (χ3v) is 5.91. The highest BCUT2D eigenvalue weighted by Gasteiger charge is 2.26. The number of hydrogen-bond donors (Lipinski definition) is 1. The van der Waals surface area contributed by atoms with Crippen molar-refractivity contribution < 1.29 is 17.9 Å². The fraction of sp³-hybridized carbons (Fsp3) is 0.278. The van der Waals surface area contributed by atoms with Crippen LogP contribution in [-0.2, 0) is 14.8 Å². The third-order valence-electron chi connectivity index (χ3n) is 3.85. The Kier molecular flexibility index (Phi) is 6.28. The highest BCUT2D eigenvalue weighted by Crippen LogP contribution is 2.27. The number of nitrogens with zero attached hydrogens (tertiary/aromatic N) is 1. The smallest absolute Gasteiger partial charge is 0.246 e. The van der Waals surface area contributed by atoms with E-state index in [1.807, 2.05) is 6.92 Å². The minimum atomic E-state index is -3.89. The first kappa shape index (κ1) is 20.2. The molecule has 1 N–H and O–H groups in total. The molecule has 0 aliphatic carbocycles. The Hall–Kier alpha value is -2.09. The number of benzene rings is 2. The summed E-state index contributed by atoms with van der Waals surface area (Å²) in [6.07, 6.45) is 0. The maximum atomic E-state index is 12.8. The van der Waals surface area contributed by atoms with E-state index in [0.717, 1.165) is 15.4 Å². The van der Waals surface area contributed by atoms with Crippen LogP contribution in [0.1, 0.15) is 11.1 Å². The molecule has 0 aliphatic heterocycles. The van der Waals surface area contributed by atoms with Crippen LogP contribution in [-0.4, -0.2) is 39.3 Å². The molecule has 2 rings (SSSR count). The molecule has 0 aromatic heterocycles. The zero-order valence-electron chi connectivity index (χ0n) is 15.0. The van der Waals surface area contributed by atoms with Crippen LogP contribution in [0, 0.1) is 13.8 Å². The second-order valence-electron chi connectivity index (χ2n) is 5.92. The summed E-state index contributed by atoms with van der Waals surface area (Å²) in [5.74, 6) is -0.235. The first-order valence-electron chi connectivity index (χ1n) is 7.82. The van der Waals surface area contributed by atoms with Gasteiger partial charge in [-0.3, -0.25) is 4.79 Å². The number of rotatable bonds is 6. The highest BCUT2D eigenvalue weighted by molar-refractivity contribution is 7.89. The van der Waals surface area contributed by atoms with Gasteiger partial charge in [-0.2, -0.15) is 4.31 Å². The van der Waals surface area contributed by atoms with Crippen molar-refractivity contribution in [1.29, 1.82) is 0 Å². The lowest BCUT2D eigenvalue weighted by Gasteiger charge is -2.19. The molecule has 140 valence electrons. The Bertz CT molecular complexity index is 929. The topological polar surface area (TPSA) is 75.7 Å². The number of amides is 1. The van der Waals surface area contributed by atoms with Crippen molar-refractivity contribution in [1.82, 2.24) is 4.31 Å². The van der Waals surface area contributed by atoms with Gasteiger partial charge in [-0.1, -0.05) is 23.7 Å². The van der Waals surface area contributed by atoms with Gasteiger partial charge in [-0.25, -0.2) is 8.42 Å². The van der Waals surface area contributed by atoms with E-state index in [2.05, 4.69) is 5.32 Å². The van der Waals surface area contributed by atoms with E-state index in [0.29, 0.717) is 10.7 Å². The molecule has 1 amide bonds. The largest absolute Gasteiger partial charge is 0.495 e. The monoisotopic (exact) mass is 396 g/mol. The van der Waals surface area contributed by atoms with E-state index < -0.39 is 15.9 Å². The summed E-state index contributed by atoms with van der Waals surface area (Å²) in [6, 6.07) is 9.97. The van der Waals surface area contributed by atoms with Crippen molar-refractivity contribution in [3.8, 4) is 5.75 Å². The van der Waals surface area contributed by atoms with Crippen LogP contribution >= 0.6 is 11.6 Å². The van der Waals surface area contributed by atoms with Gasteiger partial charge in [-0.15, -0.1) is 0 Å². The van der Waals surface area contributed by atoms with Gasteiger partial charge in [0.05, 0.1) is 13.7 Å². The normalized spacial score (nSPS) is 11.5. The maximum Gasteiger partial charge on any atom is 0.246 e. The molecule has 6 nitrogen and oxygen atoms in total. The quantitative estimate of drug-likeness (QED) is 0.813. The molecule has 0 unspecified atom stereocenters. The fourth-order valence-corrected chi connectivity index (χ4v) is 3.89. The average Bonchev–Trinajstić information content (AvgIpc) is 2.58. The summed E-state index contributed by atoms with van der Waals surface area (Å²) >= 11 is 5.94. The summed E-state index contributed by atoms with van der Waals surface area (Å²) in [4.78, 5) is 12.3. The summed E-state index contributed by atoms with van der Waals surface area (Å²) in [7, 11) is -1.14. The highest BCUT2D eigenvalue weighted by atomic mass is 35.5.